The Hall–Kier alpha value is -4.91. The average Bonchev–Trinajstić information content (AvgIpc) is 3.38. The van der Waals surface area contributed by atoms with Gasteiger partial charge in [-0.05, 0) is 77.2 Å². The van der Waals surface area contributed by atoms with Gasteiger partial charge in [0.15, 0.2) is 0 Å². The van der Waals surface area contributed by atoms with Crippen molar-refractivity contribution in [3.8, 4) is 28.2 Å². The Bertz CT molecular complexity index is 1650. The molecule has 0 saturated carbocycles. The van der Waals surface area contributed by atoms with Crippen LogP contribution >= 0.6 is 0 Å². The first kappa shape index (κ1) is 30.1. The number of hydrogen-bond donors (Lipinski definition) is 2. The van der Waals surface area contributed by atoms with Crippen LogP contribution in [0.25, 0.3) is 33.4 Å². The van der Waals surface area contributed by atoms with E-state index in [1.807, 2.05) is 38.1 Å². The molecule has 4 aromatic rings. The average molecular weight is 567 g/mol. The summed E-state index contributed by atoms with van der Waals surface area (Å²) in [5, 5.41) is 6.24. The van der Waals surface area contributed by atoms with Crippen molar-refractivity contribution in [2.45, 2.75) is 20.3 Å². The Balaban J connectivity index is 1.78. The fraction of sp³-hybridized carbons (Fsp3) is 0.200. The van der Waals surface area contributed by atoms with Crippen LogP contribution in [0, 0.1) is 11.7 Å². The highest BCUT2D eigenvalue weighted by atomic mass is 19.1. The lowest BCUT2D eigenvalue weighted by Crippen LogP contribution is -2.27. The normalized spacial score (nSPS) is 11.4. The molecular formula is C35H35FN2O4. The maximum Gasteiger partial charge on any atom is 0.255 e. The smallest absolute Gasteiger partial charge is 0.255 e. The van der Waals surface area contributed by atoms with Gasteiger partial charge in [-0.25, -0.2) is 4.39 Å². The maximum atomic E-state index is 13.6. The van der Waals surface area contributed by atoms with Crippen molar-refractivity contribution in [3.63, 3.8) is 0 Å². The van der Waals surface area contributed by atoms with E-state index in [0.717, 1.165) is 16.7 Å². The highest BCUT2D eigenvalue weighted by Gasteiger charge is 2.22. The molecule has 0 aliphatic heterocycles. The second-order valence-electron chi connectivity index (χ2n) is 10.2. The molecule has 0 atom stereocenters. The molecule has 0 unspecified atom stereocenters. The molecular weight excluding hydrogens is 531 g/mol. The molecule has 3 aromatic carbocycles. The number of halogens is 1. The van der Waals surface area contributed by atoms with Gasteiger partial charge in [0, 0.05) is 36.5 Å². The Morgan fingerprint density at radius 1 is 0.976 bits per heavy atom. The van der Waals surface area contributed by atoms with Crippen LogP contribution in [0.3, 0.4) is 0 Å². The molecule has 0 bridgehead atoms. The fourth-order valence-corrected chi connectivity index (χ4v) is 4.50. The summed E-state index contributed by atoms with van der Waals surface area (Å²) >= 11 is 0. The summed E-state index contributed by atoms with van der Waals surface area (Å²) in [6.45, 7) is 12.5. The molecule has 4 rings (SSSR count). The highest BCUT2D eigenvalue weighted by molar-refractivity contribution is 6.12. The minimum absolute atomic E-state index is 0.206. The first-order valence-electron chi connectivity index (χ1n) is 13.8. The van der Waals surface area contributed by atoms with Gasteiger partial charge in [-0.3, -0.25) is 9.59 Å². The number of hydrogen-bond acceptors (Lipinski definition) is 4. The molecule has 0 aliphatic carbocycles. The molecule has 0 spiro atoms. The lowest BCUT2D eigenvalue weighted by molar-refractivity contribution is 0.0945. The Kier molecular flexibility index (Phi) is 9.76. The summed E-state index contributed by atoms with van der Waals surface area (Å²) in [5.41, 5.74) is 4.37. The van der Waals surface area contributed by atoms with E-state index in [-0.39, 0.29) is 17.6 Å². The molecule has 216 valence electrons. The molecule has 2 amide bonds. The van der Waals surface area contributed by atoms with Gasteiger partial charge in [0.2, 0.25) is 0 Å². The number of rotatable bonds is 12. The number of carbonyl (C=O) groups excluding carboxylic acids is 2. The third-order valence-corrected chi connectivity index (χ3v) is 6.68. The molecule has 7 heteroatoms. The Labute approximate surface area is 245 Å². The van der Waals surface area contributed by atoms with Gasteiger partial charge in [0.05, 0.1) is 12.2 Å². The zero-order valence-electron chi connectivity index (χ0n) is 24.1. The number of ether oxygens (including phenoxy) is 1. The number of allylic oxidation sites excluding steroid dienone is 3. The van der Waals surface area contributed by atoms with Gasteiger partial charge < -0.3 is 19.8 Å². The topological polar surface area (TPSA) is 80.6 Å². The molecule has 6 nitrogen and oxygen atoms in total. The van der Waals surface area contributed by atoms with Crippen molar-refractivity contribution in [1.29, 1.82) is 0 Å². The predicted molar refractivity (Wildman–Crippen MR) is 166 cm³/mol. The number of benzene rings is 3. The number of furan rings is 1. The van der Waals surface area contributed by atoms with E-state index in [0.29, 0.717) is 64.7 Å². The molecule has 1 heterocycles. The molecule has 0 aliphatic rings. The lowest BCUT2D eigenvalue weighted by atomic mass is 9.98. The molecule has 1 aromatic heterocycles. The summed E-state index contributed by atoms with van der Waals surface area (Å²) in [6.07, 6.45) is 5.96. The van der Waals surface area contributed by atoms with E-state index >= 15 is 0 Å². The van der Waals surface area contributed by atoms with Gasteiger partial charge in [-0.15, -0.1) is 0 Å². The second kappa shape index (κ2) is 13.6. The monoisotopic (exact) mass is 566 g/mol. The van der Waals surface area contributed by atoms with Crippen LogP contribution in [0.5, 0.6) is 5.75 Å². The van der Waals surface area contributed by atoms with Crippen molar-refractivity contribution in [3.05, 3.63) is 115 Å². The Morgan fingerprint density at radius 3 is 2.38 bits per heavy atom. The van der Waals surface area contributed by atoms with E-state index in [9.17, 15) is 14.0 Å². The third kappa shape index (κ3) is 7.04. The van der Waals surface area contributed by atoms with E-state index in [1.165, 1.54) is 12.1 Å². The molecule has 0 saturated heterocycles. The standard InChI is InChI=1S/C35H35FN2O4/c1-6-8-23(7-2)15-16-41-29-18-26(17-27(19-29)34(39)38-21-22(3)4)25-11-14-31-30(20-25)32(35(40)37-5)33(42-31)24-9-12-28(36)13-10-24/h6-14,17-20,22H,1-2,15-16,21H2,3-5H3,(H,37,40)(H,38,39)/b23-8+. The molecule has 0 fully saturated rings. The largest absolute Gasteiger partial charge is 0.493 e. The molecule has 42 heavy (non-hydrogen) atoms. The van der Waals surface area contributed by atoms with Crippen molar-refractivity contribution in [2.75, 3.05) is 20.2 Å². The van der Waals surface area contributed by atoms with Crippen LogP contribution in [0.15, 0.2) is 102 Å². The second-order valence-corrected chi connectivity index (χ2v) is 10.2. The van der Waals surface area contributed by atoms with Crippen LogP contribution < -0.4 is 15.4 Å². The van der Waals surface area contributed by atoms with Crippen LogP contribution in [-0.4, -0.2) is 32.0 Å². The van der Waals surface area contributed by atoms with Crippen molar-refractivity contribution in [1.82, 2.24) is 10.6 Å². The summed E-state index contributed by atoms with van der Waals surface area (Å²) < 4.78 is 25.8. The van der Waals surface area contributed by atoms with E-state index in [1.54, 1.807) is 49.5 Å². The van der Waals surface area contributed by atoms with Crippen molar-refractivity contribution >= 4 is 22.8 Å². The molecule has 0 radical (unpaired) electrons. The zero-order valence-corrected chi connectivity index (χ0v) is 24.1. The van der Waals surface area contributed by atoms with Crippen LogP contribution in [0.4, 0.5) is 4.39 Å². The van der Waals surface area contributed by atoms with Gasteiger partial charge >= 0.3 is 0 Å². The number of carbonyl (C=O) groups is 2. The number of amides is 2. The molecule has 2 N–H and O–H groups in total. The van der Waals surface area contributed by atoms with Crippen LogP contribution in [-0.2, 0) is 0 Å². The van der Waals surface area contributed by atoms with E-state index < -0.39 is 0 Å². The van der Waals surface area contributed by atoms with Gasteiger partial charge in [-0.2, -0.15) is 0 Å². The highest BCUT2D eigenvalue weighted by Crippen LogP contribution is 2.37. The van der Waals surface area contributed by atoms with Crippen molar-refractivity contribution < 1.29 is 23.1 Å². The van der Waals surface area contributed by atoms with E-state index in [4.69, 9.17) is 9.15 Å². The zero-order chi connectivity index (χ0) is 30.2. The maximum absolute atomic E-state index is 13.6. The SMILES string of the molecule is C=C/C=C(\C=C)CCOc1cc(C(=O)NCC(C)C)cc(-c2ccc3oc(-c4ccc(F)cc4)c(C(=O)NC)c3c2)c1. The van der Waals surface area contributed by atoms with Gasteiger partial charge in [-0.1, -0.05) is 51.3 Å². The van der Waals surface area contributed by atoms with Gasteiger partial charge in [0.25, 0.3) is 11.8 Å². The Morgan fingerprint density at radius 2 is 1.71 bits per heavy atom. The van der Waals surface area contributed by atoms with Gasteiger partial charge in [0.1, 0.15) is 22.9 Å². The van der Waals surface area contributed by atoms with E-state index in [2.05, 4.69) is 23.8 Å². The van der Waals surface area contributed by atoms with Crippen LogP contribution in [0.2, 0.25) is 0 Å². The van der Waals surface area contributed by atoms with Crippen molar-refractivity contribution in [2.24, 2.45) is 5.92 Å². The predicted octanol–water partition coefficient (Wildman–Crippen LogP) is 7.72. The van der Waals surface area contributed by atoms with Crippen LogP contribution in [0.1, 0.15) is 41.0 Å². The lowest BCUT2D eigenvalue weighted by Gasteiger charge is -2.13. The quantitative estimate of drug-likeness (QED) is 0.172. The summed E-state index contributed by atoms with van der Waals surface area (Å²) in [7, 11) is 1.55. The summed E-state index contributed by atoms with van der Waals surface area (Å²) in [6, 6.07) is 16.7. The fourth-order valence-electron chi connectivity index (χ4n) is 4.50. The minimum Gasteiger partial charge on any atom is -0.493 e. The number of fused-ring (bicyclic) bond motifs is 1. The summed E-state index contributed by atoms with van der Waals surface area (Å²) in [5.74, 6) is 0.257. The minimum atomic E-state index is -0.383. The first-order chi connectivity index (χ1) is 20.2. The number of nitrogens with one attached hydrogen (secondary N) is 2. The summed E-state index contributed by atoms with van der Waals surface area (Å²) in [4.78, 5) is 26.1. The first-order valence-corrected chi connectivity index (χ1v) is 13.8. The third-order valence-electron chi connectivity index (χ3n) is 6.68.